The van der Waals surface area contributed by atoms with Gasteiger partial charge in [-0.3, -0.25) is 0 Å². The minimum Gasteiger partial charge on any atom is -0.494 e. The van der Waals surface area contributed by atoms with Gasteiger partial charge in [0.2, 0.25) is 5.95 Å². The summed E-state index contributed by atoms with van der Waals surface area (Å²) in [5.74, 6) is 0.826. The highest BCUT2D eigenvalue weighted by molar-refractivity contribution is 5.93. The second-order valence-corrected chi connectivity index (χ2v) is 6.26. The van der Waals surface area contributed by atoms with E-state index in [4.69, 9.17) is 10.5 Å². The molecule has 0 aliphatic carbocycles. The van der Waals surface area contributed by atoms with Crippen molar-refractivity contribution in [2.75, 3.05) is 19.4 Å². The van der Waals surface area contributed by atoms with Crippen LogP contribution in [0.4, 0.5) is 10.3 Å². The van der Waals surface area contributed by atoms with Crippen molar-refractivity contribution in [3.63, 3.8) is 0 Å². The number of hydrogen-bond donors (Lipinski definition) is 2. The maximum Gasteiger partial charge on any atom is 0.223 e. The molecule has 4 rings (SSSR count). The highest BCUT2D eigenvalue weighted by atomic mass is 19.1. The molecule has 1 aliphatic heterocycles. The lowest BCUT2D eigenvalue weighted by molar-refractivity contribution is 0.376. The van der Waals surface area contributed by atoms with E-state index in [1.165, 1.54) is 23.8 Å². The van der Waals surface area contributed by atoms with Gasteiger partial charge in [0.05, 0.1) is 12.6 Å². The predicted octanol–water partition coefficient (Wildman–Crippen LogP) is 1.86. The van der Waals surface area contributed by atoms with E-state index >= 15 is 0 Å². The molecule has 8 heteroatoms. The number of fused-ring (bicyclic) bond motifs is 3. The Kier molecular flexibility index (Phi) is 3.49. The molecule has 3 N–H and O–H groups in total. The summed E-state index contributed by atoms with van der Waals surface area (Å²) in [6, 6.07) is 3.40. The van der Waals surface area contributed by atoms with Crippen molar-refractivity contribution in [1.82, 2.24) is 24.9 Å². The third kappa shape index (κ3) is 2.34. The van der Waals surface area contributed by atoms with Gasteiger partial charge in [0, 0.05) is 30.0 Å². The lowest BCUT2D eigenvalue weighted by Gasteiger charge is -2.25. The zero-order valence-electron chi connectivity index (χ0n) is 13.6. The summed E-state index contributed by atoms with van der Waals surface area (Å²) in [5, 5.41) is 8.51. The molecule has 1 saturated heterocycles. The van der Waals surface area contributed by atoms with E-state index in [0.717, 1.165) is 19.4 Å². The number of ether oxygens (including phenoxy) is 1. The van der Waals surface area contributed by atoms with Gasteiger partial charge in [-0.2, -0.15) is 4.52 Å². The molecule has 2 unspecified atom stereocenters. The maximum atomic E-state index is 14.1. The molecule has 2 atom stereocenters. The Balaban J connectivity index is 1.87. The number of nitrogens with two attached hydrogens (primary N) is 1. The molecule has 24 heavy (non-hydrogen) atoms. The van der Waals surface area contributed by atoms with Gasteiger partial charge in [0.1, 0.15) is 0 Å². The summed E-state index contributed by atoms with van der Waals surface area (Å²) in [5.41, 5.74) is 7.07. The normalized spacial score (nSPS) is 21.5. The smallest absolute Gasteiger partial charge is 0.223 e. The van der Waals surface area contributed by atoms with E-state index in [1.54, 1.807) is 0 Å². The Morgan fingerprint density at radius 3 is 2.88 bits per heavy atom. The summed E-state index contributed by atoms with van der Waals surface area (Å²) < 4.78 is 20.6. The van der Waals surface area contributed by atoms with Gasteiger partial charge in [-0.25, -0.2) is 14.4 Å². The predicted molar refractivity (Wildman–Crippen MR) is 88.7 cm³/mol. The number of halogens is 1. The van der Waals surface area contributed by atoms with Crippen LogP contribution in [0.3, 0.4) is 0 Å². The van der Waals surface area contributed by atoms with Crippen LogP contribution in [0, 0.1) is 5.82 Å². The zero-order chi connectivity index (χ0) is 16.8. The highest BCUT2D eigenvalue weighted by Gasteiger charge is 2.24. The molecule has 0 bridgehead atoms. The van der Waals surface area contributed by atoms with Crippen LogP contribution in [-0.4, -0.2) is 39.3 Å². The van der Waals surface area contributed by atoms with E-state index in [2.05, 4.69) is 27.3 Å². The summed E-state index contributed by atoms with van der Waals surface area (Å²) >= 11 is 0. The van der Waals surface area contributed by atoms with E-state index in [-0.39, 0.29) is 17.6 Å². The topological polar surface area (TPSA) is 90.4 Å². The first-order chi connectivity index (χ1) is 11.6. The number of nitrogen functional groups attached to an aromatic ring is 1. The number of methoxy groups -OCH3 is 1. The van der Waals surface area contributed by atoms with E-state index < -0.39 is 5.82 Å². The number of nitrogens with zero attached hydrogens (tertiary/aromatic N) is 4. The van der Waals surface area contributed by atoms with Gasteiger partial charge >= 0.3 is 0 Å². The molecule has 1 aromatic carbocycles. The number of piperidine rings is 1. The van der Waals surface area contributed by atoms with E-state index in [9.17, 15) is 4.39 Å². The minimum atomic E-state index is -0.462. The Morgan fingerprint density at radius 2 is 2.17 bits per heavy atom. The largest absolute Gasteiger partial charge is 0.494 e. The lowest BCUT2D eigenvalue weighted by Crippen LogP contribution is -2.36. The van der Waals surface area contributed by atoms with Crippen molar-refractivity contribution in [1.29, 1.82) is 0 Å². The quantitative estimate of drug-likeness (QED) is 0.745. The first-order valence-corrected chi connectivity index (χ1v) is 7.99. The minimum absolute atomic E-state index is 0.129. The number of hydrogen-bond acceptors (Lipinski definition) is 6. The zero-order valence-corrected chi connectivity index (χ0v) is 13.6. The van der Waals surface area contributed by atoms with Crippen molar-refractivity contribution in [3.05, 3.63) is 23.8 Å². The molecule has 0 amide bonds. The molecule has 2 aromatic heterocycles. The van der Waals surface area contributed by atoms with Gasteiger partial charge < -0.3 is 15.8 Å². The maximum absolute atomic E-state index is 14.1. The van der Waals surface area contributed by atoms with Gasteiger partial charge in [0.25, 0.3) is 0 Å². The summed E-state index contributed by atoms with van der Waals surface area (Å²) in [6.45, 7) is 2.99. The van der Waals surface area contributed by atoms with Crippen LogP contribution in [0.2, 0.25) is 0 Å². The molecule has 1 fully saturated rings. The Labute approximate surface area is 138 Å². The summed E-state index contributed by atoms with van der Waals surface area (Å²) in [7, 11) is 1.42. The SMILES string of the molecule is COc1cc2nc(N)n3nc(C4CCC(C)NC4)nc3c2cc1F. The summed E-state index contributed by atoms with van der Waals surface area (Å²) in [6.07, 6.45) is 2.08. The monoisotopic (exact) mass is 330 g/mol. The standard InChI is InChI=1S/C16H19FN6O/c1-8-3-4-9(7-19-8)14-21-15-10-5-11(17)13(24-2)6-12(10)20-16(18)23(15)22-14/h5-6,8-9,19H,3-4,7H2,1-2H3,(H2,18,20). The number of rotatable bonds is 2. The van der Waals surface area contributed by atoms with E-state index in [1.807, 2.05) is 0 Å². The fourth-order valence-electron chi connectivity index (χ4n) is 3.20. The van der Waals surface area contributed by atoms with Crippen molar-refractivity contribution < 1.29 is 9.13 Å². The van der Waals surface area contributed by atoms with Gasteiger partial charge in [-0.05, 0) is 25.8 Å². The molecular formula is C16H19FN6O. The second-order valence-electron chi connectivity index (χ2n) is 6.26. The van der Waals surface area contributed by atoms with Crippen LogP contribution in [-0.2, 0) is 0 Å². The molecule has 0 radical (unpaired) electrons. The number of aromatic nitrogens is 4. The van der Waals surface area contributed by atoms with E-state index in [0.29, 0.717) is 28.4 Å². The molecule has 0 spiro atoms. The molecule has 1 aliphatic rings. The highest BCUT2D eigenvalue weighted by Crippen LogP contribution is 2.29. The molecule has 7 nitrogen and oxygen atoms in total. The molecule has 126 valence electrons. The van der Waals surface area contributed by atoms with Crippen molar-refractivity contribution >= 4 is 22.5 Å². The van der Waals surface area contributed by atoms with Crippen LogP contribution >= 0.6 is 0 Å². The van der Waals surface area contributed by atoms with Crippen LogP contribution in [0.15, 0.2) is 12.1 Å². The lowest BCUT2D eigenvalue weighted by atomic mass is 9.95. The number of anilines is 1. The Bertz CT molecular complexity index is 916. The molecule has 3 heterocycles. The molecule has 0 saturated carbocycles. The number of nitrogens with one attached hydrogen (secondary N) is 1. The average Bonchev–Trinajstić information content (AvgIpc) is 3.02. The van der Waals surface area contributed by atoms with Crippen molar-refractivity contribution in [2.45, 2.75) is 31.7 Å². The van der Waals surface area contributed by atoms with Crippen molar-refractivity contribution in [3.8, 4) is 5.75 Å². The Hall–Kier alpha value is -2.48. The first kappa shape index (κ1) is 15.1. The third-order valence-electron chi connectivity index (χ3n) is 4.61. The van der Waals surface area contributed by atoms with Crippen LogP contribution < -0.4 is 15.8 Å². The fraction of sp³-hybridized carbons (Fsp3) is 0.438. The number of benzene rings is 1. The van der Waals surface area contributed by atoms with Gasteiger partial charge in [-0.15, -0.1) is 5.10 Å². The van der Waals surface area contributed by atoms with Crippen molar-refractivity contribution in [2.24, 2.45) is 0 Å². The second kappa shape index (κ2) is 5.55. The van der Waals surface area contributed by atoms with Crippen LogP contribution in [0.25, 0.3) is 16.6 Å². The van der Waals surface area contributed by atoms with Gasteiger partial charge in [0.15, 0.2) is 23.0 Å². The summed E-state index contributed by atoms with van der Waals surface area (Å²) in [4.78, 5) is 8.93. The molecule has 3 aromatic rings. The molecular weight excluding hydrogens is 311 g/mol. The van der Waals surface area contributed by atoms with Gasteiger partial charge in [-0.1, -0.05) is 0 Å². The average molecular weight is 330 g/mol. The Morgan fingerprint density at radius 1 is 1.33 bits per heavy atom. The van der Waals surface area contributed by atoms with Crippen LogP contribution in [0.1, 0.15) is 31.5 Å². The fourth-order valence-corrected chi connectivity index (χ4v) is 3.20. The first-order valence-electron chi connectivity index (χ1n) is 7.99. The van der Waals surface area contributed by atoms with Crippen LogP contribution in [0.5, 0.6) is 5.75 Å². The third-order valence-corrected chi connectivity index (χ3v) is 4.61.